The zero-order valence-electron chi connectivity index (χ0n) is 10.8. The number of rotatable bonds is 4. The number of hydrogen-bond acceptors (Lipinski definition) is 3. The van der Waals surface area contributed by atoms with Gasteiger partial charge in [0.05, 0.1) is 0 Å². The number of thioether (sulfide) groups is 1. The summed E-state index contributed by atoms with van der Waals surface area (Å²) in [6.07, 6.45) is 0. The lowest BCUT2D eigenvalue weighted by Gasteiger charge is -2.33. The molecule has 1 aliphatic rings. The highest BCUT2D eigenvalue weighted by molar-refractivity contribution is 7.99. The van der Waals surface area contributed by atoms with Gasteiger partial charge in [-0.05, 0) is 24.6 Å². The van der Waals surface area contributed by atoms with E-state index in [1.54, 1.807) is 12.1 Å². The highest BCUT2D eigenvalue weighted by atomic mass is 35.5. The van der Waals surface area contributed by atoms with E-state index in [2.05, 4.69) is 17.1 Å². The number of hydrogen-bond donors (Lipinski definition) is 1. The third-order valence-corrected chi connectivity index (χ3v) is 3.90. The van der Waals surface area contributed by atoms with Gasteiger partial charge in [-0.15, -0.1) is 12.4 Å². The van der Waals surface area contributed by atoms with Crippen molar-refractivity contribution in [3.05, 3.63) is 29.8 Å². The molecule has 2 rings (SSSR count). The van der Waals surface area contributed by atoms with Crippen LogP contribution in [0.1, 0.15) is 12.5 Å². The van der Waals surface area contributed by atoms with Gasteiger partial charge in [0.15, 0.2) is 0 Å². The predicted molar refractivity (Wildman–Crippen MR) is 78.3 cm³/mol. The summed E-state index contributed by atoms with van der Waals surface area (Å²) in [7, 11) is 0. The third-order valence-electron chi connectivity index (χ3n) is 3.17. The van der Waals surface area contributed by atoms with Gasteiger partial charge in [-0.1, -0.05) is 23.9 Å². The minimum atomic E-state index is -2.34. The van der Waals surface area contributed by atoms with Crippen molar-refractivity contribution in [1.82, 2.24) is 10.2 Å². The topological polar surface area (TPSA) is 15.3 Å². The molecule has 6 heteroatoms. The second-order valence-electron chi connectivity index (χ2n) is 4.55. The SMILES string of the molecule is C[C@@H]1CNCCN1Cc1ccc(SC(F)F)cc1.Cl. The van der Waals surface area contributed by atoms with Crippen LogP contribution in [0.5, 0.6) is 0 Å². The molecule has 2 nitrogen and oxygen atoms in total. The standard InChI is InChI=1S/C13H18F2N2S.ClH/c1-10-8-16-6-7-17(10)9-11-2-4-12(5-3-11)18-13(14)15;/h2-5,10,13,16H,6-9H2,1H3;1H/t10-;/m1./s1. The van der Waals surface area contributed by atoms with E-state index in [-0.39, 0.29) is 12.4 Å². The molecule has 0 aromatic heterocycles. The lowest BCUT2D eigenvalue weighted by atomic mass is 10.1. The molecule has 1 aromatic rings. The highest BCUT2D eigenvalue weighted by Crippen LogP contribution is 2.25. The Hall–Kier alpha value is -0.360. The van der Waals surface area contributed by atoms with Crippen LogP contribution in [0.4, 0.5) is 8.78 Å². The number of piperazine rings is 1. The molecule has 0 unspecified atom stereocenters. The zero-order chi connectivity index (χ0) is 13.0. The zero-order valence-corrected chi connectivity index (χ0v) is 12.4. The van der Waals surface area contributed by atoms with E-state index >= 15 is 0 Å². The Bertz CT molecular complexity index is 375. The lowest BCUT2D eigenvalue weighted by Crippen LogP contribution is -2.49. The molecular formula is C13H19ClF2N2S. The number of nitrogens with one attached hydrogen (secondary N) is 1. The second-order valence-corrected chi connectivity index (χ2v) is 5.61. The summed E-state index contributed by atoms with van der Waals surface area (Å²) in [5, 5.41) is 3.35. The molecule has 1 N–H and O–H groups in total. The minimum Gasteiger partial charge on any atom is -0.314 e. The van der Waals surface area contributed by atoms with Crippen molar-refractivity contribution in [3.63, 3.8) is 0 Å². The van der Waals surface area contributed by atoms with E-state index < -0.39 is 5.76 Å². The Balaban J connectivity index is 0.00000180. The number of benzene rings is 1. The maximum atomic E-state index is 12.2. The van der Waals surface area contributed by atoms with Crippen molar-refractivity contribution in [2.75, 3.05) is 19.6 Å². The largest absolute Gasteiger partial charge is 0.314 e. The Morgan fingerprint density at radius 1 is 1.37 bits per heavy atom. The van der Waals surface area contributed by atoms with Crippen molar-refractivity contribution in [2.24, 2.45) is 0 Å². The Kier molecular flexibility index (Phi) is 7.07. The Morgan fingerprint density at radius 3 is 2.63 bits per heavy atom. The second kappa shape index (κ2) is 8.04. The first-order valence-corrected chi connectivity index (χ1v) is 7.01. The molecule has 108 valence electrons. The summed E-state index contributed by atoms with van der Waals surface area (Å²) in [5.74, 6) is -2.34. The van der Waals surface area contributed by atoms with Crippen LogP contribution in [0.15, 0.2) is 29.2 Å². The minimum absolute atomic E-state index is 0. The molecule has 1 saturated heterocycles. The molecule has 0 saturated carbocycles. The number of alkyl halides is 2. The van der Waals surface area contributed by atoms with Crippen LogP contribution >= 0.6 is 24.2 Å². The van der Waals surface area contributed by atoms with Gasteiger partial charge in [-0.25, -0.2) is 0 Å². The summed E-state index contributed by atoms with van der Waals surface area (Å²) < 4.78 is 24.4. The van der Waals surface area contributed by atoms with E-state index in [0.717, 1.165) is 26.2 Å². The van der Waals surface area contributed by atoms with Gasteiger partial charge >= 0.3 is 0 Å². The molecule has 0 aliphatic carbocycles. The van der Waals surface area contributed by atoms with Crippen molar-refractivity contribution >= 4 is 24.2 Å². The first-order valence-electron chi connectivity index (χ1n) is 6.13. The Labute approximate surface area is 123 Å². The normalized spacial score (nSPS) is 20.3. The van der Waals surface area contributed by atoms with Crippen molar-refractivity contribution < 1.29 is 8.78 Å². The molecular weight excluding hydrogens is 290 g/mol. The molecule has 1 aliphatic heterocycles. The van der Waals surface area contributed by atoms with Crippen LogP contribution in [-0.2, 0) is 6.54 Å². The fourth-order valence-corrected chi connectivity index (χ4v) is 2.63. The highest BCUT2D eigenvalue weighted by Gasteiger charge is 2.17. The fraction of sp³-hybridized carbons (Fsp3) is 0.538. The maximum Gasteiger partial charge on any atom is 0.288 e. The summed E-state index contributed by atoms with van der Waals surface area (Å²) >= 11 is 0.597. The van der Waals surface area contributed by atoms with Crippen LogP contribution in [0.25, 0.3) is 0 Å². The fourth-order valence-electron chi connectivity index (χ4n) is 2.13. The van der Waals surface area contributed by atoms with Crippen LogP contribution in [0.2, 0.25) is 0 Å². The van der Waals surface area contributed by atoms with Gasteiger partial charge in [-0.2, -0.15) is 8.78 Å². The smallest absolute Gasteiger partial charge is 0.288 e. The van der Waals surface area contributed by atoms with Gasteiger partial charge in [-0.3, -0.25) is 4.90 Å². The molecule has 0 amide bonds. The molecule has 1 aromatic carbocycles. The number of nitrogens with zero attached hydrogens (tertiary/aromatic N) is 1. The van der Waals surface area contributed by atoms with Crippen LogP contribution in [0.3, 0.4) is 0 Å². The van der Waals surface area contributed by atoms with Gasteiger partial charge in [0, 0.05) is 37.1 Å². The molecule has 1 atom stereocenters. The third kappa shape index (κ3) is 5.26. The Morgan fingerprint density at radius 2 is 2.05 bits per heavy atom. The molecule has 1 heterocycles. The first-order chi connectivity index (χ1) is 8.65. The van der Waals surface area contributed by atoms with Gasteiger partial charge in [0.25, 0.3) is 5.76 Å². The van der Waals surface area contributed by atoms with E-state index in [9.17, 15) is 8.78 Å². The quantitative estimate of drug-likeness (QED) is 0.860. The van der Waals surface area contributed by atoms with E-state index in [1.807, 2.05) is 12.1 Å². The molecule has 0 radical (unpaired) electrons. The summed E-state index contributed by atoms with van der Waals surface area (Å²) in [6, 6.07) is 7.96. The monoisotopic (exact) mass is 308 g/mol. The average Bonchev–Trinajstić information content (AvgIpc) is 2.34. The molecule has 1 fully saturated rings. The first kappa shape index (κ1) is 16.7. The summed E-state index contributed by atoms with van der Waals surface area (Å²) in [5.41, 5.74) is 1.18. The van der Waals surface area contributed by atoms with Crippen LogP contribution in [0, 0.1) is 0 Å². The van der Waals surface area contributed by atoms with Gasteiger partial charge < -0.3 is 5.32 Å². The summed E-state index contributed by atoms with van der Waals surface area (Å²) in [4.78, 5) is 3.04. The molecule has 19 heavy (non-hydrogen) atoms. The molecule has 0 bridgehead atoms. The van der Waals surface area contributed by atoms with E-state index in [1.165, 1.54) is 5.56 Å². The number of halogens is 3. The lowest BCUT2D eigenvalue weighted by molar-refractivity contribution is 0.165. The predicted octanol–water partition coefficient (Wildman–Crippen LogP) is 3.22. The summed E-state index contributed by atoms with van der Waals surface area (Å²) in [6.45, 7) is 6.16. The van der Waals surface area contributed by atoms with E-state index in [4.69, 9.17) is 0 Å². The van der Waals surface area contributed by atoms with Crippen LogP contribution < -0.4 is 5.32 Å². The van der Waals surface area contributed by atoms with Crippen LogP contribution in [-0.4, -0.2) is 36.3 Å². The van der Waals surface area contributed by atoms with E-state index in [0.29, 0.717) is 22.7 Å². The van der Waals surface area contributed by atoms with Crippen molar-refractivity contribution in [3.8, 4) is 0 Å². The van der Waals surface area contributed by atoms with Gasteiger partial charge in [0.1, 0.15) is 0 Å². The van der Waals surface area contributed by atoms with Crippen molar-refractivity contribution in [2.45, 2.75) is 30.2 Å². The maximum absolute atomic E-state index is 12.2. The van der Waals surface area contributed by atoms with Crippen molar-refractivity contribution in [1.29, 1.82) is 0 Å². The van der Waals surface area contributed by atoms with Gasteiger partial charge in [0.2, 0.25) is 0 Å². The average molecular weight is 309 g/mol. The molecule has 0 spiro atoms.